The molecule has 1 atom stereocenters. The Morgan fingerprint density at radius 2 is 2.24 bits per heavy atom. The fourth-order valence-corrected chi connectivity index (χ4v) is 3.00. The van der Waals surface area contributed by atoms with Crippen LogP contribution in [-0.2, 0) is 6.42 Å². The molecule has 0 bridgehead atoms. The van der Waals surface area contributed by atoms with Gasteiger partial charge < -0.3 is 15.8 Å². The van der Waals surface area contributed by atoms with Gasteiger partial charge in [0.25, 0.3) is 0 Å². The van der Waals surface area contributed by atoms with Crippen LogP contribution in [0.1, 0.15) is 17.4 Å². The highest BCUT2D eigenvalue weighted by atomic mass is 32.1. The van der Waals surface area contributed by atoms with Crippen molar-refractivity contribution < 1.29 is 9.60 Å². The monoisotopic (exact) mass is 307 g/mol. The molecule has 1 aromatic heterocycles. The van der Waals surface area contributed by atoms with E-state index in [9.17, 15) is 4.39 Å². The molecule has 3 N–H and O–H groups in total. The fourth-order valence-electron chi connectivity index (χ4n) is 2.17. The van der Waals surface area contributed by atoms with Gasteiger partial charge in [-0.2, -0.15) is 0 Å². The van der Waals surface area contributed by atoms with E-state index in [-0.39, 0.29) is 11.9 Å². The van der Waals surface area contributed by atoms with E-state index in [0.717, 1.165) is 12.1 Å². The summed E-state index contributed by atoms with van der Waals surface area (Å²) in [6.45, 7) is 2.08. The van der Waals surface area contributed by atoms with Crippen molar-refractivity contribution >= 4 is 22.9 Å². The summed E-state index contributed by atoms with van der Waals surface area (Å²) < 4.78 is 13.4. The molecule has 0 saturated heterocycles. The molecule has 2 aromatic rings. The predicted octanol–water partition coefficient (Wildman–Crippen LogP) is 3.05. The number of likely N-dealkylation sites (N-methyl/N-ethyl adjacent to an activating group) is 1. The van der Waals surface area contributed by atoms with Crippen LogP contribution in [0.2, 0.25) is 0 Å². The lowest BCUT2D eigenvalue weighted by Crippen LogP contribution is -2.32. The number of benzene rings is 1. The SMILES string of the molecule is CC(Cc1cccs1)N(C)c1ccc(F)cc1C(N)=NO. The zero-order valence-electron chi connectivity index (χ0n) is 12.0. The van der Waals surface area contributed by atoms with Crippen LogP contribution in [0.3, 0.4) is 0 Å². The van der Waals surface area contributed by atoms with Crippen LogP contribution < -0.4 is 10.6 Å². The van der Waals surface area contributed by atoms with Gasteiger partial charge >= 0.3 is 0 Å². The topological polar surface area (TPSA) is 61.8 Å². The van der Waals surface area contributed by atoms with Crippen LogP contribution in [0, 0.1) is 5.82 Å². The van der Waals surface area contributed by atoms with E-state index in [2.05, 4.69) is 18.1 Å². The number of rotatable bonds is 5. The lowest BCUT2D eigenvalue weighted by Gasteiger charge is -2.28. The molecule has 0 radical (unpaired) electrons. The van der Waals surface area contributed by atoms with E-state index in [4.69, 9.17) is 10.9 Å². The Morgan fingerprint density at radius 1 is 1.48 bits per heavy atom. The standard InChI is InChI=1S/C15H18FN3OS/c1-10(8-12-4-3-7-21-12)19(2)14-6-5-11(16)9-13(14)15(17)18-20/h3-7,9-10,20H,8H2,1-2H3,(H2,17,18). The van der Waals surface area contributed by atoms with E-state index < -0.39 is 5.82 Å². The number of hydrogen-bond acceptors (Lipinski definition) is 4. The number of halogens is 1. The first-order chi connectivity index (χ1) is 10.0. The summed E-state index contributed by atoms with van der Waals surface area (Å²) in [6, 6.07) is 8.60. The van der Waals surface area contributed by atoms with Gasteiger partial charge in [-0.05, 0) is 36.6 Å². The molecule has 0 aliphatic carbocycles. The van der Waals surface area contributed by atoms with Crippen LogP contribution in [0.15, 0.2) is 40.9 Å². The van der Waals surface area contributed by atoms with Gasteiger partial charge in [-0.15, -0.1) is 11.3 Å². The maximum absolute atomic E-state index is 13.4. The average molecular weight is 307 g/mol. The maximum Gasteiger partial charge on any atom is 0.172 e. The number of nitrogens with zero attached hydrogens (tertiary/aromatic N) is 2. The van der Waals surface area contributed by atoms with Crippen molar-refractivity contribution in [2.75, 3.05) is 11.9 Å². The number of anilines is 1. The van der Waals surface area contributed by atoms with Gasteiger partial charge in [-0.25, -0.2) is 4.39 Å². The molecule has 1 heterocycles. The van der Waals surface area contributed by atoms with Gasteiger partial charge in [-0.3, -0.25) is 0 Å². The molecular weight excluding hydrogens is 289 g/mol. The van der Waals surface area contributed by atoms with Gasteiger partial charge in [0.15, 0.2) is 5.84 Å². The third kappa shape index (κ3) is 3.52. The Bertz CT molecular complexity index is 628. The Kier molecular flexibility index (Phi) is 4.80. The molecule has 0 aliphatic rings. The Morgan fingerprint density at radius 3 is 2.86 bits per heavy atom. The third-order valence-electron chi connectivity index (χ3n) is 3.46. The highest BCUT2D eigenvalue weighted by Crippen LogP contribution is 2.24. The van der Waals surface area contributed by atoms with Crippen LogP contribution >= 0.6 is 11.3 Å². The summed E-state index contributed by atoms with van der Waals surface area (Å²) in [5.41, 5.74) is 6.77. The van der Waals surface area contributed by atoms with Gasteiger partial charge in [0.1, 0.15) is 5.82 Å². The molecule has 0 spiro atoms. The summed E-state index contributed by atoms with van der Waals surface area (Å²) in [7, 11) is 1.92. The lowest BCUT2D eigenvalue weighted by molar-refractivity contribution is 0.318. The largest absolute Gasteiger partial charge is 0.409 e. The molecular formula is C15H18FN3OS. The number of nitrogens with two attached hydrogens (primary N) is 1. The van der Waals surface area contributed by atoms with E-state index in [0.29, 0.717) is 5.56 Å². The van der Waals surface area contributed by atoms with Crippen LogP contribution in [0.5, 0.6) is 0 Å². The molecule has 0 fully saturated rings. The van der Waals surface area contributed by atoms with E-state index >= 15 is 0 Å². The van der Waals surface area contributed by atoms with Crippen molar-refractivity contribution in [1.29, 1.82) is 0 Å². The summed E-state index contributed by atoms with van der Waals surface area (Å²) in [4.78, 5) is 3.29. The molecule has 4 nitrogen and oxygen atoms in total. The average Bonchev–Trinajstić information content (AvgIpc) is 2.98. The summed E-state index contributed by atoms with van der Waals surface area (Å²) >= 11 is 1.71. The minimum absolute atomic E-state index is 0.0975. The van der Waals surface area contributed by atoms with Crippen molar-refractivity contribution in [3.05, 3.63) is 52.0 Å². The summed E-state index contributed by atoms with van der Waals surface area (Å²) in [6.07, 6.45) is 0.876. The molecule has 6 heteroatoms. The number of oxime groups is 1. The minimum atomic E-state index is -0.417. The molecule has 1 aromatic carbocycles. The van der Waals surface area contributed by atoms with E-state index in [1.54, 1.807) is 17.4 Å². The second-order valence-corrected chi connectivity index (χ2v) is 5.92. The normalized spacial score (nSPS) is 13.2. The van der Waals surface area contributed by atoms with E-state index in [1.807, 2.05) is 23.4 Å². The highest BCUT2D eigenvalue weighted by Gasteiger charge is 2.17. The first-order valence-corrected chi connectivity index (χ1v) is 7.43. The Hall–Kier alpha value is -2.08. The molecule has 21 heavy (non-hydrogen) atoms. The molecule has 112 valence electrons. The van der Waals surface area contributed by atoms with Gasteiger partial charge in [0.2, 0.25) is 0 Å². The molecule has 0 aliphatic heterocycles. The zero-order valence-corrected chi connectivity index (χ0v) is 12.8. The van der Waals surface area contributed by atoms with Crippen LogP contribution in [0.4, 0.5) is 10.1 Å². The van der Waals surface area contributed by atoms with Crippen molar-refractivity contribution in [2.24, 2.45) is 10.9 Å². The number of thiophene rings is 1. The van der Waals surface area contributed by atoms with Crippen LogP contribution in [0.25, 0.3) is 0 Å². The Labute approximate surface area is 127 Å². The molecule has 0 amide bonds. The van der Waals surface area contributed by atoms with Gasteiger partial charge in [0.05, 0.1) is 0 Å². The van der Waals surface area contributed by atoms with Crippen molar-refractivity contribution in [1.82, 2.24) is 0 Å². The number of hydrogen-bond donors (Lipinski definition) is 2. The minimum Gasteiger partial charge on any atom is -0.409 e. The molecule has 0 saturated carbocycles. The first kappa shape index (κ1) is 15.3. The maximum atomic E-state index is 13.4. The van der Waals surface area contributed by atoms with Gasteiger partial charge in [-0.1, -0.05) is 11.2 Å². The second-order valence-electron chi connectivity index (χ2n) is 4.89. The van der Waals surface area contributed by atoms with Gasteiger partial charge in [0, 0.05) is 35.6 Å². The second kappa shape index (κ2) is 6.58. The fraction of sp³-hybridized carbons (Fsp3) is 0.267. The quantitative estimate of drug-likeness (QED) is 0.386. The zero-order chi connectivity index (χ0) is 15.4. The lowest BCUT2D eigenvalue weighted by atomic mass is 10.1. The third-order valence-corrected chi connectivity index (χ3v) is 4.36. The highest BCUT2D eigenvalue weighted by molar-refractivity contribution is 7.09. The predicted molar refractivity (Wildman–Crippen MR) is 84.8 cm³/mol. The molecule has 2 rings (SSSR count). The van der Waals surface area contributed by atoms with Crippen molar-refractivity contribution in [3.8, 4) is 0 Å². The smallest absolute Gasteiger partial charge is 0.172 e. The van der Waals surface area contributed by atoms with E-state index in [1.165, 1.54) is 17.0 Å². The number of amidine groups is 1. The molecule has 1 unspecified atom stereocenters. The summed E-state index contributed by atoms with van der Waals surface area (Å²) in [5.74, 6) is -0.515. The first-order valence-electron chi connectivity index (χ1n) is 6.55. The van der Waals surface area contributed by atoms with Crippen molar-refractivity contribution in [2.45, 2.75) is 19.4 Å². The van der Waals surface area contributed by atoms with Crippen molar-refractivity contribution in [3.63, 3.8) is 0 Å². The Balaban J connectivity index is 2.27. The van der Waals surface area contributed by atoms with Crippen LogP contribution in [-0.4, -0.2) is 24.1 Å². The summed E-state index contributed by atoms with van der Waals surface area (Å²) in [5, 5.41) is 13.9.